The van der Waals surface area contributed by atoms with Crippen molar-refractivity contribution >= 4 is 45.3 Å². The van der Waals surface area contributed by atoms with Crippen molar-refractivity contribution < 1.29 is 23.9 Å². The third-order valence-corrected chi connectivity index (χ3v) is 5.54. The fourth-order valence-electron chi connectivity index (χ4n) is 3.36. The summed E-state index contributed by atoms with van der Waals surface area (Å²) in [4.78, 5) is 49.2. The number of aryl methyl sites for hydroxylation is 2. The Hall–Kier alpha value is -3.20. The standard InChI is InChI=1S/C23H24BrN3O5/c1-3-15-10-18(24)7-8-19(15)25-20(28)13-32-23(31)17-11-21(29)27(12-17)26-22(30)16-6-4-5-14(2)9-16/h4-10,17H,3,11-13H2,1-2H3,(H,25,28)(H,26,30)/t17-/m0/s1. The smallest absolute Gasteiger partial charge is 0.311 e. The second-order valence-electron chi connectivity index (χ2n) is 7.53. The van der Waals surface area contributed by atoms with Gasteiger partial charge in [0.2, 0.25) is 5.91 Å². The first-order valence-electron chi connectivity index (χ1n) is 10.2. The van der Waals surface area contributed by atoms with Crippen molar-refractivity contribution in [3.63, 3.8) is 0 Å². The predicted octanol–water partition coefficient (Wildman–Crippen LogP) is 3.00. The van der Waals surface area contributed by atoms with Crippen LogP contribution in [0.4, 0.5) is 5.69 Å². The van der Waals surface area contributed by atoms with Gasteiger partial charge in [0.05, 0.1) is 12.5 Å². The summed E-state index contributed by atoms with van der Waals surface area (Å²) in [5, 5.41) is 3.85. The van der Waals surface area contributed by atoms with E-state index in [1.165, 1.54) is 0 Å². The third-order valence-electron chi connectivity index (χ3n) is 5.04. The minimum absolute atomic E-state index is 0.0104. The van der Waals surface area contributed by atoms with Gasteiger partial charge in [-0.15, -0.1) is 0 Å². The molecule has 0 unspecified atom stereocenters. The van der Waals surface area contributed by atoms with Crippen LogP contribution in [0.15, 0.2) is 46.9 Å². The van der Waals surface area contributed by atoms with Gasteiger partial charge in [0, 0.05) is 22.1 Å². The number of esters is 1. The Kier molecular flexibility index (Phi) is 7.63. The Labute approximate surface area is 194 Å². The number of hydrazine groups is 1. The lowest BCUT2D eigenvalue weighted by molar-refractivity contribution is -0.151. The molecule has 2 aromatic carbocycles. The molecule has 2 N–H and O–H groups in total. The highest BCUT2D eigenvalue weighted by molar-refractivity contribution is 9.10. The van der Waals surface area contributed by atoms with Crippen LogP contribution in [-0.2, 0) is 25.5 Å². The van der Waals surface area contributed by atoms with Gasteiger partial charge in [-0.05, 0) is 49.2 Å². The van der Waals surface area contributed by atoms with Gasteiger partial charge >= 0.3 is 5.97 Å². The minimum atomic E-state index is -0.757. The molecule has 8 nitrogen and oxygen atoms in total. The first-order chi connectivity index (χ1) is 15.3. The van der Waals surface area contributed by atoms with Crippen molar-refractivity contribution in [1.29, 1.82) is 0 Å². The Balaban J connectivity index is 1.50. The zero-order chi connectivity index (χ0) is 23.3. The van der Waals surface area contributed by atoms with Crippen molar-refractivity contribution in [2.45, 2.75) is 26.7 Å². The van der Waals surface area contributed by atoms with Crippen molar-refractivity contribution in [2.24, 2.45) is 5.92 Å². The molecular formula is C23H24BrN3O5. The number of hydrogen-bond donors (Lipinski definition) is 2. The molecule has 1 atom stereocenters. The Bertz CT molecular complexity index is 1060. The lowest BCUT2D eigenvalue weighted by Crippen LogP contribution is -2.43. The molecule has 32 heavy (non-hydrogen) atoms. The molecule has 0 radical (unpaired) electrons. The van der Waals surface area contributed by atoms with Crippen LogP contribution in [0.3, 0.4) is 0 Å². The van der Waals surface area contributed by atoms with E-state index in [1.807, 2.05) is 32.0 Å². The Morgan fingerprint density at radius 1 is 1.19 bits per heavy atom. The molecule has 3 amide bonds. The van der Waals surface area contributed by atoms with Crippen LogP contribution in [-0.4, -0.2) is 41.9 Å². The molecular weight excluding hydrogens is 478 g/mol. The highest BCUT2D eigenvalue weighted by Gasteiger charge is 2.36. The zero-order valence-corrected chi connectivity index (χ0v) is 19.4. The van der Waals surface area contributed by atoms with Crippen LogP contribution in [0.1, 0.15) is 34.8 Å². The highest BCUT2D eigenvalue weighted by atomic mass is 79.9. The summed E-state index contributed by atoms with van der Waals surface area (Å²) < 4.78 is 6.01. The van der Waals surface area contributed by atoms with Gasteiger partial charge in [0.15, 0.2) is 6.61 Å². The van der Waals surface area contributed by atoms with Crippen molar-refractivity contribution in [1.82, 2.24) is 10.4 Å². The number of anilines is 1. The van der Waals surface area contributed by atoms with E-state index in [0.29, 0.717) is 11.3 Å². The van der Waals surface area contributed by atoms with Crippen molar-refractivity contribution in [2.75, 3.05) is 18.5 Å². The number of hydrogen-bond acceptors (Lipinski definition) is 5. The van der Waals surface area contributed by atoms with E-state index >= 15 is 0 Å². The fourth-order valence-corrected chi connectivity index (χ4v) is 3.77. The maximum absolute atomic E-state index is 12.4. The molecule has 0 aliphatic carbocycles. The van der Waals surface area contributed by atoms with E-state index in [0.717, 1.165) is 27.0 Å². The largest absolute Gasteiger partial charge is 0.455 e. The molecule has 1 fully saturated rings. The summed E-state index contributed by atoms with van der Waals surface area (Å²) in [6.07, 6.45) is 0.629. The van der Waals surface area contributed by atoms with Crippen LogP contribution in [0.2, 0.25) is 0 Å². The van der Waals surface area contributed by atoms with Crippen LogP contribution in [0, 0.1) is 12.8 Å². The molecule has 1 aliphatic heterocycles. The molecule has 168 valence electrons. The maximum Gasteiger partial charge on any atom is 0.311 e. The van der Waals surface area contributed by atoms with Crippen molar-refractivity contribution in [3.8, 4) is 0 Å². The van der Waals surface area contributed by atoms with Gasteiger partial charge in [-0.2, -0.15) is 0 Å². The van der Waals surface area contributed by atoms with Crippen LogP contribution < -0.4 is 10.7 Å². The average Bonchev–Trinajstić information content (AvgIpc) is 3.13. The van der Waals surface area contributed by atoms with Gasteiger partial charge in [0.1, 0.15) is 0 Å². The number of benzene rings is 2. The number of nitrogens with one attached hydrogen (secondary N) is 2. The van der Waals surface area contributed by atoms with E-state index in [9.17, 15) is 19.2 Å². The first-order valence-corrected chi connectivity index (χ1v) is 11.0. The van der Waals surface area contributed by atoms with Gasteiger partial charge in [-0.25, -0.2) is 0 Å². The molecule has 1 saturated heterocycles. The summed E-state index contributed by atoms with van der Waals surface area (Å²) in [5.41, 5.74) is 5.45. The van der Waals surface area contributed by atoms with E-state index in [4.69, 9.17) is 4.74 Å². The molecule has 0 bridgehead atoms. The fraction of sp³-hybridized carbons (Fsp3) is 0.304. The van der Waals surface area contributed by atoms with E-state index in [-0.39, 0.29) is 18.9 Å². The summed E-state index contributed by atoms with van der Waals surface area (Å²) in [6.45, 7) is 3.36. The second-order valence-corrected chi connectivity index (χ2v) is 8.44. The highest BCUT2D eigenvalue weighted by Crippen LogP contribution is 2.22. The lowest BCUT2D eigenvalue weighted by Gasteiger charge is -2.17. The average molecular weight is 502 g/mol. The zero-order valence-electron chi connectivity index (χ0n) is 17.8. The minimum Gasteiger partial charge on any atom is -0.455 e. The van der Waals surface area contributed by atoms with Gasteiger partial charge in [-0.1, -0.05) is 40.5 Å². The summed E-state index contributed by atoms with van der Waals surface area (Å²) in [6, 6.07) is 12.4. The molecule has 0 aromatic heterocycles. The normalized spacial score (nSPS) is 15.4. The van der Waals surface area contributed by atoms with Gasteiger partial charge < -0.3 is 10.1 Å². The van der Waals surface area contributed by atoms with Crippen LogP contribution in [0.25, 0.3) is 0 Å². The first kappa shape index (κ1) is 23.5. The van der Waals surface area contributed by atoms with E-state index in [2.05, 4.69) is 26.7 Å². The predicted molar refractivity (Wildman–Crippen MR) is 122 cm³/mol. The summed E-state index contributed by atoms with van der Waals surface area (Å²) in [7, 11) is 0. The number of amides is 3. The summed E-state index contributed by atoms with van der Waals surface area (Å²) in [5.74, 6) is -2.71. The number of ether oxygens (including phenoxy) is 1. The van der Waals surface area contributed by atoms with Crippen LogP contribution >= 0.6 is 15.9 Å². The SMILES string of the molecule is CCc1cc(Br)ccc1NC(=O)COC(=O)[C@H]1CC(=O)N(NC(=O)c2cccc(C)c2)C1. The van der Waals surface area contributed by atoms with Crippen LogP contribution in [0.5, 0.6) is 0 Å². The molecule has 9 heteroatoms. The van der Waals surface area contributed by atoms with E-state index in [1.54, 1.807) is 24.3 Å². The molecule has 0 spiro atoms. The maximum atomic E-state index is 12.4. The number of rotatable bonds is 7. The molecule has 3 rings (SSSR count). The third kappa shape index (κ3) is 5.94. The Morgan fingerprint density at radius 2 is 1.97 bits per heavy atom. The quantitative estimate of drug-likeness (QED) is 0.567. The van der Waals surface area contributed by atoms with E-state index < -0.39 is 30.3 Å². The van der Waals surface area contributed by atoms with Gasteiger partial charge in [0.25, 0.3) is 11.8 Å². The van der Waals surface area contributed by atoms with Crippen molar-refractivity contribution in [3.05, 3.63) is 63.6 Å². The van der Waals surface area contributed by atoms with Gasteiger partial charge in [-0.3, -0.25) is 29.6 Å². The molecule has 1 heterocycles. The molecule has 1 aliphatic rings. The number of halogens is 1. The number of nitrogens with zero attached hydrogens (tertiary/aromatic N) is 1. The Morgan fingerprint density at radius 3 is 2.69 bits per heavy atom. The molecule has 0 saturated carbocycles. The lowest BCUT2D eigenvalue weighted by atomic mass is 10.1. The summed E-state index contributed by atoms with van der Waals surface area (Å²) >= 11 is 3.39. The number of carbonyl (C=O) groups is 4. The second kappa shape index (κ2) is 10.4. The number of carbonyl (C=O) groups excluding carboxylic acids is 4. The monoisotopic (exact) mass is 501 g/mol. The molecule has 2 aromatic rings. The topological polar surface area (TPSA) is 105 Å².